The van der Waals surface area contributed by atoms with Gasteiger partial charge in [-0.1, -0.05) is 26.0 Å². The van der Waals surface area contributed by atoms with Gasteiger partial charge in [-0.25, -0.2) is 0 Å². The maximum absolute atomic E-state index is 12.2. The van der Waals surface area contributed by atoms with E-state index in [1.807, 2.05) is 24.3 Å². The number of nitrogens with zero attached hydrogens (tertiary/aromatic N) is 1. The minimum Gasteiger partial charge on any atom is -0.486 e. The first kappa shape index (κ1) is 19.2. The summed E-state index contributed by atoms with van der Waals surface area (Å²) in [5.74, 6) is 1.38. The molecule has 1 heterocycles. The molecule has 0 bridgehead atoms. The van der Waals surface area contributed by atoms with Crippen molar-refractivity contribution in [1.29, 1.82) is 0 Å². The molecule has 0 radical (unpaired) electrons. The number of nitro benzene ring substituents is 1. The Labute approximate surface area is 162 Å². The Bertz CT molecular complexity index is 959. The van der Waals surface area contributed by atoms with Crippen molar-refractivity contribution < 1.29 is 18.9 Å². The molecular weight excluding hydrogens is 360 g/mol. The summed E-state index contributed by atoms with van der Waals surface area (Å²) in [6, 6.07) is 16.6. The van der Waals surface area contributed by atoms with Crippen LogP contribution in [0.3, 0.4) is 0 Å². The SMILES string of the molecule is CC(C)c1ccc(OCc2ccc(C(=O)Nc3ccc([N+](=O)[O-])cc3)o2)cc1. The van der Waals surface area contributed by atoms with Gasteiger partial charge in [0.1, 0.15) is 18.1 Å². The minimum absolute atomic E-state index is 0.0446. The highest BCUT2D eigenvalue weighted by atomic mass is 16.6. The zero-order valence-corrected chi connectivity index (χ0v) is 15.5. The lowest BCUT2D eigenvalue weighted by atomic mass is 10.0. The van der Waals surface area contributed by atoms with Crippen molar-refractivity contribution in [3.63, 3.8) is 0 Å². The summed E-state index contributed by atoms with van der Waals surface area (Å²) in [5.41, 5.74) is 1.63. The number of ether oxygens (including phenoxy) is 1. The third kappa shape index (κ3) is 4.76. The summed E-state index contributed by atoms with van der Waals surface area (Å²) in [5, 5.41) is 13.3. The van der Waals surface area contributed by atoms with Crippen LogP contribution in [0.2, 0.25) is 0 Å². The Kier molecular flexibility index (Phi) is 5.74. The third-order valence-corrected chi connectivity index (χ3v) is 4.15. The molecule has 0 fully saturated rings. The van der Waals surface area contributed by atoms with E-state index in [0.717, 1.165) is 5.75 Å². The highest BCUT2D eigenvalue weighted by Crippen LogP contribution is 2.20. The van der Waals surface area contributed by atoms with Crippen LogP contribution in [0.5, 0.6) is 5.75 Å². The fraction of sp³-hybridized carbons (Fsp3) is 0.190. The summed E-state index contributed by atoms with van der Waals surface area (Å²) in [6.07, 6.45) is 0. The largest absolute Gasteiger partial charge is 0.486 e. The van der Waals surface area contributed by atoms with Gasteiger partial charge in [0.25, 0.3) is 11.6 Å². The lowest BCUT2D eigenvalue weighted by Gasteiger charge is -2.08. The van der Waals surface area contributed by atoms with Crippen molar-refractivity contribution in [2.75, 3.05) is 5.32 Å². The third-order valence-electron chi connectivity index (χ3n) is 4.15. The van der Waals surface area contributed by atoms with Crippen LogP contribution in [0.4, 0.5) is 11.4 Å². The zero-order chi connectivity index (χ0) is 20.1. The van der Waals surface area contributed by atoms with Crippen molar-refractivity contribution in [1.82, 2.24) is 0 Å². The van der Waals surface area contributed by atoms with Crippen LogP contribution in [0.1, 0.15) is 41.6 Å². The molecule has 0 aliphatic rings. The number of nitrogens with one attached hydrogen (secondary N) is 1. The van der Waals surface area contributed by atoms with E-state index in [1.165, 1.54) is 29.8 Å². The van der Waals surface area contributed by atoms with Crippen LogP contribution in [-0.4, -0.2) is 10.8 Å². The molecule has 3 aromatic rings. The van der Waals surface area contributed by atoms with Gasteiger partial charge in [0, 0.05) is 17.8 Å². The highest BCUT2D eigenvalue weighted by molar-refractivity contribution is 6.02. The van der Waals surface area contributed by atoms with Crippen LogP contribution in [0, 0.1) is 10.1 Å². The van der Waals surface area contributed by atoms with Gasteiger partial charge in [-0.3, -0.25) is 14.9 Å². The van der Waals surface area contributed by atoms with Crippen LogP contribution >= 0.6 is 0 Å². The van der Waals surface area contributed by atoms with E-state index >= 15 is 0 Å². The lowest BCUT2D eigenvalue weighted by molar-refractivity contribution is -0.384. The van der Waals surface area contributed by atoms with Crippen LogP contribution in [0.25, 0.3) is 0 Å². The number of hydrogen-bond acceptors (Lipinski definition) is 5. The van der Waals surface area contributed by atoms with Gasteiger partial charge in [-0.2, -0.15) is 0 Å². The number of anilines is 1. The average molecular weight is 380 g/mol. The van der Waals surface area contributed by atoms with Crippen molar-refractivity contribution in [3.05, 3.63) is 87.9 Å². The molecule has 0 atom stereocenters. The number of amides is 1. The molecule has 0 aliphatic carbocycles. The van der Waals surface area contributed by atoms with Crippen molar-refractivity contribution >= 4 is 17.3 Å². The molecule has 1 N–H and O–H groups in total. The molecule has 0 saturated heterocycles. The Morgan fingerprint density at radius 2 is 1.75 bits per heavy atom. The number of carbonyl (C=O) groups is 1. The number of rotatable bonds is 7. The first-order valence-electron chi connectivity index (χ1n) is 8.79. The van der Waals surface area contributed by atoms with E-state index < -0.39 is 10.8 Å². The van der Waals surface area contributed by atoms with Gasteiger partial charge in [0.05, 0.1) is 4.92 Å². The minimum atomic E-state index is -0.499. The Morgan fingerprint density at radius 3 is 2.36 bits per heavy atom. The first-order chi connectivity index (χ1) is 13.4. The normalized spacial score (nSPS) is 10.7. The lowest BCUT2D eigenvalue weighted by Crippen LogP contribution is -2.10. The standard InChI is InChI=1S/C21H20N2O5/c1-14(2)15-3-9-18(10-4-15)27-13-19-11-12-20(28-19)21(24)22-16-5-7-17(8-6-16)23(25)26/h3-12,14H,13H2,1-2H3,(H,22,24). The number of furan rings is 1. The van der Waals surface area contributed by atoms with Gasteiger partial charge in [0.15, 0.2) is 5.76 Å². The molecule has 3 rings (SSSR count). The Balaban J connectivity index is 1.56. The predicted octanol–water partition coefficient (Wildman–Crippen LogP) is 5.14. The molecule has 7 nitrogen and oxygen atoms in total. The number of nitro groups is 1. The van der Waals surface area contributed by atoms with Crippen molar-refractivity contribution in [2.45, 2.75) is 26.4 Å². The molecule has 0 saturated carbocycles. The fourth-order valence-corrected chi connectivity index (χ4v) is 2.54. The second-order valence-electron chi connectivity index (χ2n) is 6.54. The number of carbonyl (C=O) groups excluding carboxylic acids is 1. The van der Waals surface area contributed by atoms with Crippen LogP contribution < -0.4 is 10.1 Å². The van der Waals surface area contributed by atoms with E-state index in [-0.39, 0.29) is 18.1 Å². The second kappa shape index (κ2) is 8.39. The molecule has 7 heteroatoms. The number of non-ortho nitro benzene ring substituents is 1. The van der Waals surface area contributed by atoms with Crippen LogP contribution in [-0.2, 0) is 6.61 Å². The molecule has 144 valence electrons. The zero-order valence-electron chi connectivity index (χ0n) is 15.5. The molecule has 2 aromatic carbocycles. The van der Waals surface area contributed by atoms with Crippen LogP contribution in [0.15, 0.2) is 65.1 Å². The Hall–Kier alpha value is -3.61. The van der Waals surface area contributed by atoms with Gasteiger partial charge >= 0.3 is 0 Å². The van der Waals surface area contributed by atoms with E-state index in [9.17, 15) is 14.9 Å². The molecule has 0 spiro atoms. The fourth-order valence-electron chi connectivity index (χ4n) is 2.54. The van der Waals surface area contributed by atoms with Crippen molar-refractivity contribution in [2.24, 2.45) is 0 Å². The predicted molar refractivity (Wildman–Crippen MR) is 105 cm³/mol. The summed E-state index contributed by atoms with van der Waals surface area (Å²) in [6.45, 7) is 4.45. The molecule has 1 aromatic heterocycles. The summed E-state index contributed by atoms with van der Waals surface area (Å²) >= 11 is 0. The van der Waals surface area contributed by atoms with Crippen molar-refractivity contribution in [3.8, 4) is 5.75 Å². The second-order valence-corrected chi connectivity index (χ2v) is 6.54. The number of hydrogen-bond donors (Lipinski definition) is 1. The molecular formula is C21H20N2O5. The van der Waals surface area contributed by atoms with Gasteiger partial charge in [-0.05, 0) is 47.9 Å². The summed E-state index contributed by atoms with van der Waals surface area (Å²) < 4.78 is 11.2. The summed E-state index contributed by atoms with van der Waals surface area (Å²) in [4.78, 5) is 22.4. The Morgan fingerprint density at radius 1 is 1.07 bits per heavy atom. The maximum atomic E-state index is 12.2. The molecule has 28 heavy (non-hydrogen) atoms. The molecule has 1 amide bonds. The monoisotopic (exact) mass is 380 g/mol. The van der Waals surface area contributed by atoms with E-state index in [1.54, 1.807) is 12.1 Å². The van der Waals surface area contributed by atoms with Gasteiger partial charge in [-0.15, -0.1) is 0 Å². The van der Waals surface area contributed by atoms with Gasteiger partial charge < -0.3 is 14.5 Å². The maximum Gasteiger partial charge on any atom is 0.291 e. The topological polar surface area (TPSA) is 94.6 Å². The summed E-state index contributed by atoms with van der Waals surface area (Å²) in [7, 11) is 0. The smallest absolute Gasteiger partial charge is 0.291 e. The molecule has 0 unspecified atom stereocenters. The van der Waals surface area contributed by atoms with Gasteiger partial charge in [0.2, 0.25) is 0 Å². The van der Waals surface area contributed by atoms with E-state index in [4.69, 9.17) is 9.15 Å². The number of benzene rings is 2. The first-order valence-corrected chi connectivity index (χ1v) is 8.79. The van der Waals surface area contributed by atoms with E-state index in [0.29, 0.717) is 17.4 Å². The molecule has 0 aliphatic heterocycles. The average Bonchev–Trinajstić information content (AvgIpc) is 3.16. The highest BCUT2D eigenvalue weighted by Gasteiger charge is 2.13. The quantitative estimate of drug-likeness (QED) is 0.452. The van der Waals surface area contributed by atoms with E-state index in [2.05, 4.69) is 19.2 Å².